The molecule has 2 heteroatoms. The zero-order valence-electron chi connectivity index (χ0n) is 10.7. The molecule has 0 heterocycles. The Balaban J connectivity index is 1.83. The molecule has 1 aliphatic rings. The van der Waals surface area contributed by atoms with Crippen LogP contribution in [0.15, 0.2) is 30.3 Å². The van der Waals surface area contributed by atoms with Gasteiger partial charge in [-0.25, -0.2) is 0 Å². The summed E-state index contributed by atoms with van der Waals surface area (Å²) in [5.74, 6) is 0.826. The van der Waals surface area contributed by atoms with Gasteiger partial charge in [0, 0.05) is 12.2 Å². The van der Waals surface area contributed by atoms with Crippen LogP contribution in [0.2, 0.25) is 0 Å². The maximum absolute atomic E-state index is 10.5. The molecule has 0 unspecified atom stereocenters. The lowest BCUT2D eigenvalue weighted by atomic mass is 9.78. The van der Waals surface area contributed by atoms with Crippen LogP contribution < -0.4 is 5.32 Å². The fraction of sp³-hybridized carbons (Fsp3) is 0.600. The molecule has 0 amide bonds. The van der Waals surface area contributed by atoms with Gasteiger partial charge in [-0.2, -0.15) is 0 Å². The number of hydrogen-bond donors (Lipinski definition) is 2. The molecule has 0 radical (unpaired) electrons. The maximum atomic E-state index is 10.5. The second-order valence-corrected chi connectivity index (χ2v) is 5.30. The highest BCUT2D eigenvalue weighted by molar-refractivity contribution is 5.42. The highest BCUT2D eigenvalue weighted by atomic mass is 16.3. The minimum absolute atomic E-state index is 0.499. The number of benzene rings is 1. The van der Waals surface area contributed by atoms with E-state index in [1.807, 2.05) is 30.3 Å². The van der Waals surface area contributed by atoms with E-state index in [0.29, 0.717) is 6.54 Å². The predicted octanol–water partition coefficient (Wildman–Crippen LogP) is 3.43. The van der Waals surface area contributed by atoms with E-state index in [2.05, 4.69) is 12.2 Å². The van der Waals surface area contributed by atoms with Crippen molar-refractivity contribution < 1.29 is 5.11 Å². The Kier molecular flexibility index (Phi) is 4.06. The number of para-hydroxylation sites is 1. The van der Waals surface area contributed by atoms with Gasteiger partial charge < -0.3 is 10.4 Å². The summed E-state index contributed by atoms with van der Waals surface area (Å²) in [6.45, 7) is 2.92. The summed E-state index contributed by atoms with van der Waals surface area (Å²) < 4.78 is 0. The molecule has 0 spiro atoms. The smallest absolute Gasteiger partial charge is 0.0819 e. The van der Waals surface area contributed by atoms with E-state index in [-0.39, 0.29) is 0 Å². The van der Waals surface area contributed by atoms with Crippen molar-refractivity contribution >= 4 is 5.69 Å². The summed E-state index contributed by atoms with van der Waals surface area (Å²) in [4.78, 5) is 0. The molecule has 1 saturated carbocycles. The van der Waals surface area contributed by atoms with Crippen LogP contribution in [0.1, 0.15) is 39.0 Å². The third-order valence-corrected chi connectivity index (χ3v) is 4.01. The van der Waals surface area contributed by atoms with Gasteiger partial charge in [-0.05, 0) is 43.7 Å². The van der Waals surface area contributed by atoms with Gasteiger partial charge in [-0.1, -0.05) is 31.5 Å². The summed E-state index contributed by atoms with van der Waals surface area (Å²) in [7, 11) is 0. The zero-order valence-corrected chi connectivity index (χ0v) is 10.7. The number of aliphatic hydroxyl groups is 1. The molecular formula is C15H23NO. The van der Waals surface area contributed by atoms with Crippen molar-refractivity contribution in [3.8, 4) is 0 Å². The highest BCUT2D eigenvalue weighted by Crippen LogP contribution is 2.33. The Hall–Kier alpha value is -1.02. The third-order valence-electron chi connectivity index (χ3n) is 4.01. The van der Waals surface area contributed by atoms with Crippen molar-refractivity contribution in [3.05, 3.63) is 30.3 Å². The van der Waals surface area contributed by atoms with Gasteiger partial charge in [-0.3, -0.25) is 0 Å². The van der Waals surface area contributed by atoms with Crippen LogP contribution >= 0.6 is 0 Å². The van der Waals surface area contributed by atoms with Crippen LogP contribution in [-0.2, 0) is 0 Å². The molecule has 2 rings (SSSR count). The van der Waals surface area contributed by atoms with E-state index in [4.69, 9.17) is 0 Å². The van der Waals surface area contributed by atoms with Crippen LogP contribution in [0.25, 0.3) is 0 Å². The summed E-state index contributed by atoms with van der Waals surface area (Å²) in [6, 6.07) is 10.1. The first kappa shape index (κ1) is 12.4. The lowest BCUT2D eigenvalue weighted by Crippen LogP contribution is -2.40. The van der Waals surface area contributed by atoms with Crippen molar-refractivity contribution in [3.63, 3.8) is 0 Å². The van der Waals surface area contributed by atoms with Gasteiger partial charge in [-0.15, -0.1) is 0 Å². The molecule has 0 bridgehead atoms. The minimum Gasteiger partial charge on any atom is -0.388 e. The Bertz CT molecular complexity index is 328. The molecular weight excluding hydrogens is 210 g/mol. The average molecular weight is 233 g/mol. The van der Waals surface area contributed by atoms with Crippen LogP contribution in [0, 0.1) is 5.92 Å². The SMILES string of the molecule is CCC1CCC(O)(CNc2ccccc2)CC1. The summed E-state index contributed by atoms with van der Waals surface area (Å²) >= 11 is 0. The number of anilines is 1. The van der Waals surface area contributed by atoms with E-state index in [9.17, 15) is 5.11 Å². The Morgan fingerprint density at radius 2 is 1.88 bits per heavy atom. The van der Waals surface area contributed by atoms with E-state index in [0.717, 1.165) is 24.4 Å². The molecule has 94 valence electrons. The third kappa shape index (κ3) is 3.47. The average Bonchev–Trinajstić information content (AvgIpc) is 2.39. The quantitative estimate of drug-likeness (QED) is 0.835. The van der Waals surface area contributed by atoms with Crippen LogP contribution in [0.5, 0.6) is 0 Å². The van der Waals surface area contributed by atoms with Gasteiger partial charge in [0.1, 0.15) is 0 Å². The van der Waals surface area contributed by atoms with Crippen molar-refractivity contribution in [2.45, 2.75) is 44.6 Å². The molecule has 17 heavy (non-hydrogen) atoms. The molecule has 2 N–H and O–H groups in total. The Morgan fingerprint density at radius 1 is 1.24 bits per heavy atom. The second kappa shape index (κ2) is 5.54. The standard InChI is InChI=1S/C15H23NO/c1-2-13-8-10-15(17,11-9-13)12-16-14-6-4-3-5-7-14/h3-7,13,16-17H,2,8-12H2,1H3. The lowest BCUT2D eigenvalue weighted by molar-refractivity contribution is 0.00229. The first-order valence-corrected chi connectivity index (χ1v) is 6.73. The summed E-state index contributed by atoms with van der Waals surface area (Å²) in [6.07, 6.45) is 5.46. The molecule has 1 fully saturated rings. The predicted molar refractivity (Wildman–Crippen MR) is 72.1 cm³/mol. The first-order valence-electron chi connectivity index (χ1n) is 6.73. The molecule has 0 aliphatic heterocycles. The molecule has 0 atom stereocenters. The fourth-order valence-corrected chi connectivity index (χ4v) is 2.62. The van der Waals surface area contributed by atoms with Crippen molar-refractivity contribution in [2.75, 3.05) is 11.9 Å². The van der Waals surface area contributed by atoms with Gasteiger partial charge >= 0.3 is 0 Å². The van der Waals surface area contributed by atoms with E-state index in [1.54, 1.807) is 0 Å². The molecule has 0 aromatic heterocycles. The van der Waals surface area contributed by atoms with E-state index in [1.165, 1.54) is 19.3 Å². The fourth-order valence-electron chi connectivity index (χ4n) is 2.62. The summed E-state index contributed by atoms with van der Waals surface area (Å²) in [5, 5.41) is 13.8. The molecule has 2 nitrogen and oxygen atoms in total. The van der Waals surface area contributed by atoms with Crippen LogP contribution in [0.3, 0.4) is 0 Å². The van der Waals surface area contributed by atoms with Crippen molar-refractivity contribution in [2.24, 2.45) is 5.92 Å². The number of hydrogen-bond acceptors (Lipinski definition) is 2. The second-order valence-electron chi connectivity index (χ2n) is 5.30. The van der Waals surface area contributed by atoms with Crippen molar-refractivity contribution in [1.82, 2.24) is 0 Å². The van der Waals surface area contributed by atoms with Gasteiger partial charge in [0.15, 0.2) is 0 Å². The topological polar surface area (TPSA) is 32.3 Å². The number of nitrogens with one attached hydrogen (secondary N) is 1. The van der Waals surface area contributed by atoms with E-state index >= 15 is 0 Å². The molecule has 1 aromatic carbocycles. The largest absolute Gasteiger partial charge is 0.388 e. The highest BCUT2D eigenvalue weighted by Gasteiger charge is 2.32. The lowest BCUT2D eigenvalue weighted by Gasteiger charge is -2.36. The minimum atomic E-state index is -0.499. The normalized spacial score (nSPS) is 28.9. The Morgan fingerprint density at radius 3 is 2.47 bits per heavy atom. The Labute approximate surface area is 104 Å². The monoisotopic (exact) mass is 233 g/mol. The van der Waals surface area contributed by atoms with E-state index < -0.39 is 5.60 Å². The van der Waals surface area contributed by atoms with Crippen molar-refractivity contribution in [1.29, 1.82) is 0 Å². The maximum Gasteiger partial charge on any atom is 0.0819 e. The first-order chi connectivity index (χ1) is 8.22. The molecule has 1 aliphatic carbocycles. The molecule has 1 aromatic rings. The zero-order chi connectivity index (χ0) is 12.1. The molecule has 0 saturated heterocycles. The van der Waals surface area contributed by atoms with Gasteiger partial charge in [0.05, 0.1) is 5.60 Å². The van der Waals surface area contributed by atoms with Gasteiger partial charge in [0.25, 0.3) is 0 Å². The number of rotatable bonds is 4. The summed E-state index contributed by atoms with van der Waals surface area (Å²) in [5.41, 5.74) is 0.597. The van der Waals surface area contributed by atoms with Crippen LogP contribution in [-0.4, -0.2) is 17.3 Å². The van der Waals surface area contributed by atoms with Gasteiger partial charge in [0.2, 0.25) is 0 Å². The van der Waals surface area contributed by atoms with Crippen LogP contribution in [0.4, 0.5) is 5.69 Å².